The number of aromatic nitrogens is 1. The fraction of sp³-hybridized carbons (Fsp3) is 0.0769. The molecular formula is C13H13N3S. The number of pyridine rings is 1. The summed E-state index contributed by atoms with van der Waals surface area (Å²) in [6.45, 7) is 2.06. The smallest absolute Gasteiger partial charge is 0.142 e. The van der Waals surface area contributed by atoms with E-state index in [-0.39, 0.29) is 5.84 Å². The number of benzene rings is 1. The molecule has 17 heavy (non-hydrogen) atoms. The van der Waals surface area contributed by atoms with Crippen molar-refractivity contribution >= 4 is 17.6 Å². The highest BCUT2D eigenvalue weighted by atomic mass is 32.2. The van der Waals surface area contributed by atoms with E-state index in [1.165, 1.54) is 5.56 Å². The zero-order valence-corrected chi connectivity index (χ0v) is 10.3. The fourth-order valence-electron chi connectivity index (χ4n) is 1.46. The molecule has 0 saturated heterocycles. The average Bonchev–Trinajstić information content (AvgIpc) is 2.32. The molecule has 3 N–H and O–H groups in total. The summed E-state index contributed by atoms with van der Waals surface area (Å²) >= 11 is 1.59. The quantitative estimate of drug-likeness (QED) is 0.643. The Morgan fingerprint density at radius 3 is 2.59 bits per heavy atom. The maximum absolute atomic E-state index is 7.50. The molecule has 0 fully saturated rings. The van der Waals surface area contributed by atoms with E-state index in [4.69, 9.17) is 11.1 Å². The van der Waals surface area contributed by atoms with Crippen LogP contribution in [0.25, 0.3) is 0 Å². The van der Waals surface area contributed by atoms with Crippen molar-refractivity contribution < 1.29 is 0 Å². The first kappa shape index (κ1) is 11.7. The summed E-state index contributed by atoms with van der Waals surface area (Å²) in [5.74, 6) is 0.00156. The van der Waals surface area contributed by atoms with Crippen LogP contribution in [0.1, 0.15) is 11.3 Å². The predicted molar refractivity (Wildman–Crippen MR) is 70.6 cm³/mol. The SMILES string of the molecule is Cc1ccccc1Sc1cccnc1C(=N)N. The van der Waals surface area contributed by atoms with Crippen molar-refractivity contribution in [2.24, 2.45) is 5.73 Å². The molecule has 0 amide bonds. The third kappa shape index (κ3) is 2.65. The van der Waals surface area contributed by atoms with Crippen LogP contribution in [-0.4, -0.2) is 10.8 Å². The molecule has 3 nitrogen and oxygen atoms in total. The van der Waals surface area contributed by atoms with Gasteiger partial charge in [-0.05, 0) is 30.7 Å². The highest BCUT2D eigenvalue weighted by Crippen LogP contribution is 2.31. The Labute approximate surface area is 105 Å². The fourth-order valence-corrected chi connectivity index (χ4v) is 2.48. The second-order valence-corrected chi connectivity index (χ2v) is 4.72. The molecule has 1 heterocycles. The van der Waals surface area contributed by atoms with Crippen molar-refractivity contribution in [3.63, 3.8) is 0 Å². The number of nitrogens with zero attached hydrogens (tertiary/aromatic N) is 1. The molecule has 0 aliphatic rings. The number of aryl methyl sites for hydroxylation is 1. The van der Waals surface area contributed by atoms with Crippen LogP contribution >= 0.6 is 11.8 Å². The third-order valence-electron chi connectivity index (χ3n) is 2.34. The van der Waals surface area contributed by atoms with Crippen molar-refractivity contribution in [3.8, 4) is 0 Å². The largest absolute Gasteiger partial charge is 0.382 e. The minimum absolute atomic E-state index is 0.00156. The molecule has 0 saturated carbocycles. The topological polar surface area (TPSA) is 62.8 Å². The highest BCUT2D eigenvalue weighted by Gasteiger charge is 2.08. The van der Waals surface area contributed by atoms with Gasteiger partial charge < -0.3 is 5.73 Å². The van der Waals surface area contributed by atoms with E-state index in [9.17, 15) is 0 Å². The summed E-state index contributed by atoms with van der Waals surface area (Å²) in [7, 11) is 0. The van der Waals surface area contributed by atoms with Gasteiger partial charge in [0.15, 0.2) is 0 Å². The summed E-state index contributed by atoms with van der Waals surface area (Å²) in [5.41, 5.74) is 7.26. The predicted octanol–water partition coefficient (Wildman–Crippen LogP) is 2.83. The first-order chi connectivity index (χ1) is 8.18. The summed E-state index contributed by atoms with van der Waals surface area (Å²) in [6.07, 6.45) is 1.65. The van der Waals surface area contributed by atoms with Crippen LogP contribution in [0.15, 0.2) is 52.4 Å². The van der Waals surface area contributed by atoms with E-state index in [0.29, 0.717) is 5.69 Å². The molecule has 4 heteroatoms. The first-order valence-electron chi connectivity index (χ1n) is 5.21. The molecule has 0 atom stereocenters. The minimum Gasteiger partial charge on any atom is -0.382 e. The molecule has 0 spiro atoms. The molecular weight excluding hydrogens is 230 g/mol. The van der Waals surface area contributed by atoms with Crippen LogP contribution in [0.2, 0.25) is 0 Å². The molecule has 2 rings (SSSR count). The maximum atomic E-state index is 7.50. The van der Waals surface area contributed by atoms with Gasteiger partial charge in [0.05, 0.1) is 0 Å². The van der Waals surface area contributed by atoms with Crippen molar-refractivity contribution in [1.29, 1.82) is 5.41 Å². The Morgan fingerprint density at radius 2 is 1.88 bits per heavy atom. The number of nitrogens with two attached hydrogens (primary N) is 1. The Bertz CT molecular complexity index is 552. The van der Waals surface area contributed by atoms with Gasteiger partial charge in [0, 0.05) is 16.0 Å². The monoisotopic (exact) mass is 243 g/mol. The van der Waals surface area contributed by atoms with E-state index in [1.54, 1.807) is 18.0 Å². The Kier molecular flexibility index (Phi) is 3.44. The number of nitrogens with one attached hydrogen (secondary N) is 1. The van der Waals surface area contributed by atoms with E-state index in [2.05, 4.69) is 24.0 Å². The number of amidine groups is 1. The molecule has 0 aliphatic heterocycles. The van der Waals surface area contributed by atoms with Crippen molar-refractivity contribution in [1.82, 2.24) is 4.98 Å². The van der Waals surface area contributed by atoms with E-state index < -0.39 is 0 Å². The van der Waals surface area contributed by atoms with Gasteiger partial charge >= 0.3 is 0 Å². The van der Waals surface area contributed by atoms with Gasteiger partial charge in [-0.3, -0.25) is 10.4 Å². The highest BCUT2D eigenvalue weighted by molar-refractivity contribution is 7.99. The van der Waals surface area contributed by atoms with Crippen LogP contribution in [0.5, 0.6) is 0 Å². The maximum Gasteiger partial charge on any atom is 0.142 e. The number of nitrogen functional groups attached to an aromatic ring is 1. The van der Waals surface area contributed by atoms with Crippen molar-refractivity contribution in [2.75, 3.05) is 0 Å². The standard InChI is InChI=1S/C13H13N3S/c1-9-5-2-3-6-10(9)17-11-7-4-8-16-12(11)13(14)15/h2-8H,1H3,(H3,14,15). The molecule has 0 aliphatic carbocycles. The van der Waals surface area contributed by atoms with Gasteiger partial charge in [-0.2, -0.15) is 0 Å². The van der Waals surface area contributed by atoms with Crippen LogP contribution < -0.4 is 5.73 Å². The normalized spacial score (nSPS) is 10.2. The van der Waals surface area contributed by atoms with Crippen LogP contribution in [-0.2, 0) is 0 Å². The van der Waals surface area contributed by atoms with E-state index >= 15 is 0 Å². The minimum atomic E-state index is 0.00156. The van der Waals surface area contributed by atoms with Gasteiger partial charge in [0.2, 0.25) is 0 Å². The average molecular weight is 243 g/mol. The Balaban J connectivity index is 2.37. The zero-order valence-electron chi connectivity index (χ0n) is 9.47. The molecule has 2 aromatic rings. The summed E-state index contributed by atoms with van der Waals surface area (Å²) in [4.78, 5) is 6.20. The van der Waals surface area contributed by atoms with Gasteiger partial charge in [0.25, 0.3) is 0 Å². The van der Waals surface area contributed by atoms with Gasteiger partial charge in [-0.15, -0.1) is 0 Å². The number of hydrogen-bond donors (Lipinski definition) is 2. The lowest BCUT2D eigenvalue weighted by Gasteiger charge is -2.08. The van der Waals surface area contributed by atoms with Crippen LogP contribution in [0.4, 0.5) is 0 Å². The molecule has 1 aromatic carbocycles. The summed E-state index contributed by atoms with van der Waals surface area (Å²) in [6, 6.07) is 11.9. The molecule has 86 valence electrons. The van der Waals surface area contributed by atoms with E-state index in [0.717, 1.165) is 9.79 Å². The van der Waals surface area contributed by atoms with Gasteiger partial charge in [-0.25, -0.2) is 0 Å². The van der Waals surface area contributed by atoms with Crippen LogP contribution in [0, 0.1) is 12.3 Å². The number of hydrogen-bond acceptors (Lipinski definition) is 3. The van der Waals surface area contributed by atoms with Gasteiger partial charge in [0.1, 0.15) is 11.5 Å². The van der Waals surface area contributed by atoms with Crippen molar-refractivity contribution in [2.45, 2.75) is 16.7 Å². The molecule has 0 radical (unpaired) electrons. The van der Waals surface area contributed by atoms with E-state index in [1.807, 2.05) is 24.3 Å². The number of rotatable bonds is 3. The Hall–Kier alpha value is -1.81. The lowest BCUT2D eigenvalue weighted by atomic mass is 10.2. The lowest BCUT2D eigenvalue weighted by molar-refractivity contribution is 1.17. The second kappa shape index (κ2) is 5.01. The molecule has 0 unspecified atom stereocenters. The van der Waals surface area contributed by atoms with Crippen molar-refractivity contribution in [3.05, 3.63) is 53.9 Å². The van der Waals surface area contributed by atoms with Crippen LogP contribution in [0.3, 0.4) is 0 Å². The van der Waals surface area contributed by atoms with Gasteiger partial charge in [-0.1, -0.05) is 30.0 Å². The zero-order chi connectivity index (χ0) is 12.3. The lowest BCUT2D eigenvalue weighted by Crippen LogP contribution is -2.14. The third-order valence-corrected chi connectivity index (χ3v) is 3.57. The summed E-state index contributed by atoms with van der Waals surface area (Å²) in [5, 5.41) is 7.50. The molecule has 0 bridgehead atoms. The summed E-state index contributed by atoms with van der Waals surface area (Å²) < 4.78 is 0. The first-order valence-corrected chi connectivity index (χ1v) is 6.03. The molecule has 1 aromatic heterocycles. The second-order valence-electron chi connectivity index (χ2n) is 3.63. The Morgan fingerprint density at radius 1 is 1.18 bits per heavy atom.